The SMILES string of the molecule is CC(NC(=O)[C@H](C)NC(=O)OC(C)(C)C)c1nc2ccccc2[nH]1. The third-order valence-electron chi connectivity index (χ3n) is 3.30. The van der Waals surface area contributed by atoms with Crippen LogP contribution >= 0.6 is 0 Å². The van der Waals surface area contributed by atoms with Crippen molar-refractivity contribution in [2.75, 3.05) is 0 Å². The molecule has 2 amide bonds. The summed E-state index contributed by atoms with van der Waals surface area (Å²) in [6.45, 7) is 8.73. The zero-order chi connectivity index (χ0) is 17.9. The summed E-state index contributed by atoms with van der Waals surface area (Å²) in [6.07, 6.45) is -0.624. The molecule has 0 saturated heterocycles. The standard InChI is InChI=1S/C17H24N4O3/c1-10(14-20-12-8-6-7-9-13(12)21-14)18-15(22)11(2)19-16(23)24-17(3,4)5/h6-11H,1-5H3,(H,18,22)(H,19,23)(H,20,21)/t10?,11-/m0/s1. The van der Waals surface area contributed by atoms with Crippen LogP contribution in [-0.4, -0.2) is 33.6 Å². The first-order valence-electron chi connectivity index (χ1n) is 7.90. The van der Waals surface area contributed by atoms with E-state index in [1.54, 1.807) is 27.7 Å². The maximum Gasteiger partial charge on any atom is 0.408 e. The van der Waals surface area contributed by atoms with E-state index in [0.29, 0.717) is 5.82 Å². The Kier molecular flexibility index (Phi) is 5.11. The van der Waals surface area contributed by atoms with E-state index in [1.807, 2.05) is 31.2 Å². The summed E-state index contributed by atoms with van der Waals surface area (Å²) in [5.74, 6) is 0.350. The van der Waals surface area contributed by atoms with E-state index in [1.165, 1.54) is 0 Å². The third-order valence-corrected chi connectivity index (χ3v) is 3.30. The summed E-state index contributed by atoms with van der Waals surface area (Å²) in [4.78, 5) is 31.6. The highest BCUT2D eigenvalue weighted by molar-refractivity contribution is 5.85. The Labute approximate surface area is 141 Å². The molecule has 0 aliphatic heterocycles. The normalized spacial score (nSPS) is 14.0. The van der Waals surface area contributed by atoms with E-state index in [4.69, 9.17) is 4.74 Å². The van der Waals surface area contributed by atoms with Gasteiger partial charge in [-0.25, -0.2) is 9.78 Å². The molecule has 2 aromatic rings. The van der Waals surface area contributed by atoms with Gasteiger partial charge in [0.05, 0.1) is 17.1 Å². The smallest absolute Gasteiger partial charge is 0.408 e. The molecule has 0 fully saturated rings. The molecule has 1 unspecified atom stereocenters. The second-order valence-corrected chi connectivity index (χ2v) is 6.74. The number of benzene rings is 1. The molecular weight excluding hydrogens is 308 g/mol. The molecule has 24 heavy (non-hydrogen) atoms. The van der Waals surface area contributed by atoms with Gasteiger partial charge in [0.25, 0.3) is 0 Å². The molecule has 1 aromatic heterocycles. The van der Waals surface area contributed by atoms with E-state index < -0.39 is 17.7 Å². The molecule has 0 saturated carbocycles. The number of para-hydroxylation sites is 2. The van der Waals surface area contributed by atoms with Crippen molar-refractivity contribution in [3.8, 4) is 0 Å². The number of aromatic amines is 1. The van der Waals surface area contributed by atoms with Crippen LogP contribution in [0.1, 0.15) is 46.5 Å². The van der Waals surface area contributed by atoms with Gasteiger partial charge < -0.3 is 20.4 Å². The van der Waals surface area contributed by atoms with Gasteiger partial charge in [0.15, 0.2) is 0 Å². The highest BCUT2D eigenvalue weighted by Crippen LogP contribution is 2.15. The van der Waals surface area contributed by atoms with E-state index in [9.17, 15) is 9.59 Å². The molecule has 0 radical (unpaired) electrons. The lowest BCUT2D eigenvalue weighted by Gasteiger charge is -2.22. The summed E-state index contributed by atoms with van der Waals surface area (Å²) in [6, 6.07) is 6.62. The van der Waals surface area contributed by atoms with Crippen LogP contribution < -0.4 is 10.6 Å². The molecule has 0 bridgehead atoms. The van der Waals surface area contributed by atoms with E-state index >= 15 is 0 Å². The lowest BCUT2D eigenvalue weighted by molar-refractivity contribution is -0.123. The van der Waals surface area contributed by atoms with Crippen molar-refractivity contribution in [2.24, 2.45) is 0 Å². The number of carbonyl (C=O) groups is 2. The molecule has 1 aromatic carbocycles. The summed E-state index contributed by atoms with van der Waals surface area (Å²) in [5.41, 5.74) is 1.14. The summed E-state index contributed by atoms with van der Waals surface area (Å²) >= 11 is 0. The number of rotatable bonds is 4. The molecule has 2 atom stereocenters. The lowest BCUT2D eigenvalue weighted by atomic mass is 10.2. The van der Waals surface area contributed by atoms with Gasteiger partial charge in [0.2, 0.25) is 5.91 Å². The number of nitrogens with one attached hydrogen (secondary N) is 3. The monoisotopic (exact) mass is 332 g/mol. The molecule has 0 spiro atoms. The Morgan fingerprint density at radius 2 is 1.83 bits per heavy atom. The quantitative estimate of drug-likeness (QED) is 0.802. The van der Waals surface area contributed by atoms with Gasteiger partial charge >= 0.3 is 6.09 Å². The average Bonchev–Trinajstić information content (AvgIpc) is 2.88. The summed E-state index contributed by atoms with van der Waals surface area (Å²) in [7, 11) is 0. The van der Waals surface area contributed by atoms with Crippen LogP contribution in [0, 0.1) is 0 Å². The van der Waals surface area contributed by atoms with E-state index in [2.05, 4.69) is 20.6 Å². The predicted octanol–water partition coefficient (Wildman–Crippen LogP) is 2.65. The van der Waals surface area contributed by atoms with Crippen LogP contribution in [-0.2, 0) is 9.53 Å². The average molecular weight is 332 g/mol. The van der Waals surface area contributed by atoms with Gasteiger partial charge in [-0.3, -0.25) is 4.79 Å². The van der Waals surface area contributed by atoms with Crippen LogP contribution in [0.4, 0.5) is 4.79 Å². The highest BCUT2D eigenvalue weighted by Gasteiger charge is 2.22. The number of ether oxygens (including phenoxy) is 1. The van der Waals surface area contributed by atoms with E-state index in [0.717, 1.165) is 11.0 Å². The Morgan fingerprint density at radius 1 is 1.17 bits per heavy atom. The first kappa shape index (κ1) is 17.8. The minimum atomic E-state index is -0.716. The van der Waals surface area contributed by atoms with E-state index in [-0.39, 0.29) is 11.9 Å². The van der Waals surface area contributed by atoms with Crippen LogP contribution in [0.3, 0.4) is 0 Å². The number of H-pyrrole nitrogens is 1. The van der Waals surface area contributed by atoms with Gasteiger partial charge in [-0.2, -0.15) is 0 Å². The fraction of sp³-hybridized carbons (Fsp3) is 0.471. The molecule has 3 N–H and O–H groups in total. The van der Waals surface area contributed by atoms with Crippen molar-refractivity contribution < 1.29 is 14.3 Å². The topological polar surface area (TPSA) is 96.1 Å². The first-order chi connectivity index (χ1) is 11.2. The number of nitrogens with zero attached hydrogens (tertiary/aromatic N) is 1. The van der Waals surface area contributed by atoms with Crippen molar-refractivity contribution in [1.29, 1.82) is 0 Å². The van der Waals surface area contributed by atoms with Gasteiger partial charge in [-0.1, -0.05) is 12.1 Å². The number of alkyl carbamates (subject to hydrolysis) is 1. The molecule has 130 valence electrons. The predicted molar refractivity (Wildman–Crippen MR) is 91.5 cm³/mol. The number of carbonyl (C=O) groups excluding carboxylic acids is 2. The van der Waals surface area contributed by atoms with Gasteiger partial charge in [0, 0.05) is 0 Å². The minimum absolute atomic E-state index is 0.311. The number of hydrogen-bond acceptors (Lipinski definition) is 4. The number of amides is 2. The zero-order valence-electron chi connectivity index (χ0n) is 14.6. The molecule has 0 aliphatic carbocycles. The highest BCUT2D eigenvalue weighted by atomic mass is 16.6. The maximum atomic E-state index is 12.2. The maximum absolute atomic E-state index is 12.2. The van der Waals surface area contributed by atoms with Crippen LogP contribution in [0.25, 0.3) is 11.0 Å². The number of imidazole rings is 1. The Bertz CT molecular complexity index is 700. The Morgan fingerprint density at radius 3 is 2.46 bits per heavy atom. The van der Waals surface area contributed by atoms with Crippen LogP contribution in [0.15, 0.2) is 24.3 Å². The molecule has 2 rings (SSSR count). The van der Waals surface area contributed by atoms with Crippen molar-refractivity contribution >= 4 is 23.0 Å². The number of aromatic nitrogens is 2. The fourth-order valence-corrected chi connectivity index (χ4v) is 2.13. The van der Waals surface area contributed by atoms with Crippen molar-refractivity contribution in [1.82, 2.24) is 20.6 Å². The Balaban J connectivity index is 1.94. The van der Waals surface area contributed by atoms with Crippen molar-refractivity contribution in [2.45, 2.75) is 52.3 Å². The second kappa shape index (κ2) is 6.90. The van der Waals surface area contributed by atoms with Crippen molar-refractivity contribution in [3.05, 3.63) is 30.1 Å². The zero-order valence-corrected chi connectivity index (χ0v) is 14.6. The molecule has 1 heterocycles. The molecular formula is C17H24N4O3. The summed E-state index contributed by atoms with van der Waals surface area (Å²) in [5, 5.41) is 5.34. The summed E-state index contributed by atoms with van der Waals surface area (Å²) < 4.78 is 5.14. The fourth-order valence-electron chi connectivity index (χ4n) is 2.13. The van der Waals surface area contributed by atoms with Gasteiger partial charge in [-0.05, 0) is 46.8 Å². The first-order valence-corrected chi connectivity index (χ1v) is 7.90. The third kappa shape index (κ3) is 4.71. The lowest BCUT2D eigenvalue weighted by Crippen LogP contribution is -2.47. The minimum Gasteiger partial charge on any atom is -0.444 e. The molecule has 7 heteroatoms. The molecule has 7 nitrogen and oxygen atoms in total. The number of fused-ring (bicyclic) bond motifs is 1. The second-order valence-electron chi connectivity index (χ2n) is 6.74. The van der Waals surface area contributed by atoms with Crippen LogP contribution in [0.5, 0.6) is 0 Å². The van der Waals surface area contributed by atoms with Gasteiger partial charge in [-0.15, -0.1) is 0 Å². The van der Waals surface area contributed by atoms with Gasteiger partial charge in [0.1, 0.15) is 17.5 Å². The number of hydrogen-bond donors (Lipinski definition) is 3. The Hall–Kier alpha value is -2.57. The van der Waals surface area contributed by atoms with Crippen LogP contribution in [0.2, 0.25) is 0 Å². The molecule has 0 aliphatic rings. The van der Waals surface area contributed by atoms with Crippen molar-refractivity contribution in [3.63, 3.8) is 0 Å². The largest absolute Gasteiger partial charge is 0.444 e.